The van der Waals surface area contributed by atoms with E-state index in [0.29, 0.717) is 12.2 Å². The Morgan fingerprint density at radius 1 is 1.50 bits per heavy atom. The summed E-state index contributed by atoms with van der Waals surface area (Å²) in [4.78, 5) is 19.1. The van der Waals surface area contributed by atoms with Gasteiger partial charge in [-0.2, -0.15) is 5.26 Å². The van der Waals surface area contributed by atoms with Crippen LogP contribution >= 0.6 is 0 Å². The number of anilines is 1. The minimum atomic E-state index is -0.305. The molecule has 2 fully saturated rings. The molecular weight excluding hydrogens is 304 g/mol. The second-order valence-corrected chi connectivity index (χ2v) is 6.79. The summed E-state index contributed by atoms with van der Waals surface area (Å²) in [7, 11) is 1.66. The molecule has 0 bridgehead atoms. The van der Waals surface area contributed by atoms with E-state index in [-0.39, 0.29) is 17.4 Å². The molecule has 0 radical (unpaired) electrons. The lowest BCUT2D eigenvalue weighted by molar-refractivity contribution is -0.141. The number of pyridine rings is 1. The van der Waals surface area contributed by atoms with Crippen molar-refractivity contribution in [3.63, 3.8) is 0 Å². The number of nitrogens with one attached hydrogen (secondary N) is 1. The van der Waals surface area contributed by atoms with E-state index in [0.717, 1.165) is 51.0 Å². The number of aromatic nitrogens is 1. The van der Waals surface area contributed by atoms with Crippen molar-refractivity contribution < 1.29 is 9.53 Å². The third-order valence-electron chi connectivity index (χ3n) is 5.25. The number of nitrogens with zero attached hydrogens (tertiary/aromatic N) is 3. The molecule has 1 N–H and O–H groups in total. The second kappa shape index (κ2) is 7.18. The van der Waals surface area contributed by atoms with Gasteiger partial charge in [0.05, 0.1) is 17.6 Å². The topological polar surface area (TPSA) is 78.2 Å². The molecule has 1 aliphatic carbocycles. The molecule has 6 nitrogen and oxygen atoms in total. The Morgan fingerprint density at radius 3 is 2.83 bits per heavy atom. The third kappa shape index (κ3) is 3.22. The summed E-state index contributed by atoms with van der Waals surface area (Å²) in [6, 6.07) is 5.96. The van der Waals surface area contributed by atoms with Gasteiger partial charge in [0.25, 0.3) is 0 Å². The van der Waals surface area contributed by atoms with Crippen molar-refractivity contribution in [3.8, 4) is 6.07 Å². The van der Waals surface area contributed by atoms with E-state index in [2.05, 4.69) is 21.3 Å². The first-order valence-corrected chi connectivity index (χ1v) is 8.58. The number of rotatable bonds is 5. The number of nitriles is 1. The molecule has 1 saturated heterocycles. The molecule has 3 rings (SSSR count). The van der Waals surface area contributed by atoms with Crippen LogP contribution in [-0.2, 0) is 9.53 Å². The first-order valence-electron chi connectivity index (χ1n) is 8.58. The SMILES string of the molecule is COCC1(C(=O)NC2CCN(c3ncccc3C#N)CC2)CCC1. The quantitative estimate of drug-likeness (QED) is 0.892. The smallest absolute Gasteiger partial charge is 0.228 e. The van der Waals surface area contributed by atoms with E-state index >= 15 is 0 Å². The summed E-state index contributed by atoms with van der Waals surface area (Å²) in [6.07, 6.45) is 6.41. The van der Waals surface area contributed by atoms with Crippen LogP contribution in [0.5, 0.6) is 0 Å². The van der Waals surface area contributed by atoms with E-state index in [1.165, 1.54) is 0 Å². The summed E-state index contributed by atoms with van der Waals surface area (Å²) in [6.45, 7) is 2.11. The number of hydrogen-bond donors (Lipinski definition) is 1. The molecular formula is C18H24N4O2. The fourth-order valence-corrected chi connectivity index (χ4v) is 3.63. The summed E-state index contributed by atoms with van der Waals surface area (Å²) in [5.74, 6) is 0.893. The van der Waals surface area contributed by atoms with Gasteiger partial charge in [-0.05, 0) is 37.8 Å². The lowest BCUT2D eigenvalue weighted by Crippen LogP contribution is -2.53. The van der Waals surface area contributed by atoms with Gasteiger partial charge >= 0.3 is 0 Å². The number of amides is 1. The number of ether oxygens (including phenoxy) is 1. The largest absolute Gasteiger partial charge is 0.384 e. The van der Waals surface area contributed by atoms with Gasteiger partial charge in [0.1, 0.15) is 11.9 Å². The van der Waals surface area contributed by atoms with E-state index in [9.17, 15) is 10.1 Å². The van der Waals surface area contributed by atoms with Crippen molar-refractivity contribution in [2.75, 3.05) is 31.7 Å². The van der Waals surface area contributed by atoms with Crippen molar-refractivity contribution >= 4 is 11.7 Å². The highest BCUT2D eigenvalue weighted by atomic mass is 16.5. The van der Waals surface area contributed by atoms with Gasteiger partial charge in [0, 0.05) is 32.4 Å². The Kier molecular flexibility index (Phi) is 5.00. The summed E-state index contributed by atoms with van der Waals surface area (Å²) >= 11 is 0. The average Bonchev–Trinajstić information content (AvgIpc) is 2.58. The van der Waals surface area contributed by atoms with Crippen molar-refractivity contribution in [2.24, 2.45) is 5.41 Å². The molecule has 0 spiro atoms. The summed E-state index contributed by atoms with van der Waals surface area (Å²) < 4.78 is 5.25. The van der Waals surface area contributed by atoms with Crippen LogP contribution in [-0.4, -0.2) is 43.7 Å². The van der Waals surface area contributed by atoms with Gasteiger partial charge in [-0.25, -0.2) is 4.98 Å². The highest BCUT2D eigenvalue weighted by molar-refractivity contribution is 5.84. The molecule has 0 aromatic carbocycles. The van der Waals surface area contributed by atoms with E-state index < -0.39 is 0 Å². The highest BCUT2D eigenvalue weighted by Crippen LogP contribution is 2.41. The molecule has 1 aromatic heterocycles. The monoisotopic (exact) mass is 328 g/mol. The first kappa shape index (κ1) is 16.7. The number of methoxy groups -OCH3 is 1. The van der Waals surface area contributed by atoms with Gasteiger partial charge < -0.3 is 15.0 Å². The van der Waals surface area contributed by atoms with Gasteiger partial charge in [0.15, 0.2) is 0 Å². The predicted octanol–water partition coefficient (Wildman–Crippen LogP) is 1.85. The van der Waals surface area contributed by atoms with Gasteiger partial charge in [-0.15, -0.1) is 0 Å². The fourth-order valence-electron chi connectivity index (χ4n) is 3.63. The lowest BCUT2D eigenvalue weighted by Gasteiger charge is -2.41. The Hall–Kier alpha value is -2.13. The molecule has 1 saturated carbocycles. The Labute approximate surface area is 142 Å². The highest BCUT2D eigenvalue weighted by Gasteiger charge is 2.44. The van der Waals surface area contributed by atoms with Crippen LogP contribution in [0.25, 0.3) is 0 Å². The zero-order valence-corrected chi connectivity index (χ0v) is 14.1. The van der Waals surface area contributed by atoms with Gasteiger partial charge in [-0.1, -0.05) is 6.42 Å². The maximum absolute atomic E-state index is 12.6. The van der Waals surface area contributed by atoms with Gasteiger partial charge in [0.2, 0.25) is 5.91 Å². The fraction of sp³-hybridized carbons (Fsp3) is 0.611. The minimum Gasteiger partial charge on any atom is -0.384 e. The van der Waals surface area contributed by atoms with Crippen LogP contribution < -0.4 is 10.2 Å². The Balaban J connectivity index is 1.56. The molecule has 2 aliphatic rings. The lowest BCUT2D eigenvalue weighted by atomic mass is 9.68. The summed E-state index contributed by atoms with van der Waals surface area (Å²) in [5, 5.41) is 12.4. The number of hydrogen-bond acceptors (Lipinski definition) is 5. The zero-order valence-electron chi connectivity index (χ0n) is 14.1. The van der Waals surface area contributed by atoms with Crippen LogP contribution in [0.15, 0.2) is 18.3 Å². The van der Waals surface area contributed by atoms with E-state index in [1.54, 1.807) is 25.4 Å². The van der Waals surface area contributed by atoms with Crippen LogP contribution in [0.3, 0.4) is 0 Å². The average molecular weight is 328 g/mol. The van der Waals surface area contributed by atoms with Crippen LogP contribution in [0.4, 0.5) is 5.82 Å². The molecule has 1 aliphatic heterocycles. The zero-order chi connectivity index (χ0) is 17.0. The number of carbonyl (C=O) groups excluding carboxylic acids is 1. The Morgan fingerprint density at radius 2 is 2.25 bits per heavy atom. The standard InChI is InChI=1S/C18H24N4O2/c1-24-13-18(7-3-8-18)17(23)21-15-5-10-22(11-6-15)16-14(12-19)4-2-9-20-16/h2,4,9,15H,3,5-8,10-11,13H2,1H3,(H,21,23). The van der Waals surface area contributed by atoms with Crippen molar-refractivity contribution in [3.05, 3.63) is 23.9 Å². The van der Waals surface area contributed by atoms with Crippen LogP contribution in [0.2, 0.25) is 0 Å². The molecule has 0 unspecified atom stereocenters. The maximum atomic E-state index is 12.6. The molecule has 24 heavy (non-hydrogen) atoms. The van der Waals surface area contributed by atoms with E-state index in [1.807, 2.05) is 0 Å². The molecule has 0 atom stereocenters. The Bertz CT molecular complexity index is 628. The number of piperidine rings is 1. The molecule has 1 amide bonds. The minimum absolute atomic E-state index is 0.143. The number of carbonyl (C=O) groups is 1. The van der Waals surface area contributed by atoms with E-state index in [4.69, 9.17) is 4.74 Å². The predicted molar refractivity (Wildman–Crippen MR) is 90.5 cm³/mol. The molecule has 1 aromatic rings. The van der Waals surface area contributed by atoms with Crippen molar-refractivity contribution in [1.82, 2.24) is 10.3 Å². The maximum Gasteiger partial charge on any atom is 0.228 e. The normalized spacial score (nSPS) is 20.1. The molecule has 6 heteroatoms. The molecule has 128 valence electrons. The second-order valence-electron chi connectivity index (χ2n) is 6.79. The van der Waals surface area contributed by atoms with Crippen LogP contribution in [0, 0.1) is 16.7 Å². The molecule has 2 heterocycles. The first-order chi connectivity index (χ1) is 11.7. The summed E-state index contributed by atoms with van der Waals surface area (Å²) in [5.41, 5.74) is 0.300. The van der Waals surface area contributed by atoms with Crippen molar-refractivity contribution in [1.29, 1.82) is 5.26 Å². The third-order valence-corrected chi connectivity index (χ3v) is 5.25. The van der Waals surface area contributed by atoms with Crippen molar-refractivity contribution in [2.45, 2.75) is 38.1 Å². The van der Waals surface area contributed by atoms with Gasteiger partial charge in [-0.3, -0.25) is 4.79 Å². The van der Waals surface area contributed by atoms with Crippen LogP contribution in [0.1, 0.15) is 37.7 Å².